The molecule has 4 heterocycles. The Labute approximate surface area is 196 Å². The van der Waals surface area contributed by atoms with Gasteiger partial charge >= 0.3 is 6.18 Å². The summed E-state index contributed by atoms with van der Waals surface area (Å²) < 4.78 is 60.7. The molecule has 0 radical (unpaired) electrons. The fourth-order valence-corrected chi connectivity index (χ4v) is 4.27. The lowest BCUT2D eigenvalue weighted by molar-refractivity contribution is -0.136. The Kier molecular flexibility index (Phi) is 5.47. The summed E-state index contributed by atoms with van der Waals surface area (Å²) in [4.78, 5) is 20.6. The molecule has 0 bridgehead atoms. The smallest absolute Gasteiger partial charge is 0.420 e. The fourth-order valence-electron chi connectivity index (χ4n) is 4.02. The number of furan rings is 1. The van der Waals surface area contributed by atoms with Crippen molar-refractivity contribution in [3.8, 4) is 11.1 Å². The summed E-state index contributed by atoms with van der Waals surface area (Å²) in [6, 6.07) is 8.51. The van der Waals surface area contributed by atoms with Crippen LogP contribution in [0, 0.1) is 5.82 Å². The number of halogens is 5. The van der Waals surface area contributed by atoms with E-state index in [1.54, 1.807) is 12.1 Å². The van der Waals surface area contributed by atoms with E-state index in [1.807, 2.05) is 4.90 Å². The minimum Gasteiger partial charge on any atom is -0.472 e. The lowest BCUT2D eigenvalue weighted by Crippen LogP contribution is -2.49. The maximum absolute atomic E-state index is 13.8. The fraction of sp³-hybridized carbons (Fsp3) is 0.217. The normalized spacial score (nSPS) is 14.7. The minimum absolute atomic E-state index is 0.197. The van der Waals surface area contributed by atoms with Crippen molar-refractivity contribution in [3.05, 3.63) is 77.3 Å². The second-order valence-electron chi connectivity index (χ2n) is 7.85. The molecule has 1 saturated heterocycles. The number of piperazine rings is 1. The minimum atomic E-state index is -4.71. The number of rotatable bonds is 3. The molecule has 176 valence electrons. The Bertz CT molecular complexity index is 1340. The van der Waals surface area contributed by atoms with Crippen LogP contribution in [-0.2, 0) is 6.18 Å². The van der Waals surface area contributed by atoms with E-state index in [4.69, 9.17) is 16.0 Å². The number of hydrogen-bond donors (Lipinski definition) is 0. The van der Waals surface area contributed by atoms with Gasteiger partial charge in [0.15, 0.2) is 11.3 Å². The van der Waals surface area contributed by atoms with Gasteiger partial charge in [0.05, 0.1) is 18.1 Å². The predicted molar refractivity (Wildman–Crippen MR) is 117 cm³/mol. The van der Waals surface area contributed by atoms with Crippen molar-refractivity contribution in [3.63, 3.8) is 0 Å². The largest absolute Gasteiger partial charge is 0.472 e. The quantitative estimate of drug-likeness (QED) is 0.361. The average molecular weight is 493 g/mol. The van der Waals surface area contributed by atoms with Crippen molar-refractivity contribution in [1.82, 2.24) is 14.3 Å². The van der Waals surface area contributed by atoms with Gasteiger partial charge in [-0.25, -0.2) is 9.37 Å². The number of pyridine rings is 1. The van der Waals surface area contributed by atoms with Crippen LogP contribution in [0.5, 0.6) is 0 Å². The highest BCUT2D eigenvalue weighted by Crippen LogP contribution is 2.37. The van der Waals surface area contributed by atoms with E-state index in [1.165, 1.54) is 41.8 Å². The van der Waals surface area contributed by atoms with Crippen molar-refractivity contribution in [2.24, 2.45) is 0 Å². The monoisotopic (exact) mass is 492 g/mol. The molecule has 1 amide bonds. The third kappa shape index (κ3) is 3.98. The molecule has 5 rings (SSSR count). The van der Waals surface area contributed by atoms with Gasteiger partial charge in [0, 0.05) is 49.2 Å². The standard InChI is InChI=1S/C23H17ClF4N4O2/c24-20-19(22(33)31-8-6-30(7-9-31)17-3-1-16(25)2-4-17)29-21-18(23(26,27)28)11-15(12-32(20)21)14-5-10-34-13-14/h1-5,10-13H,6-9H2. The topological polar surface area (TPSA) is 54.0 Å². The highest BCUT2D eigenvalue weighted by molar-refractivity contribution is 6.33. The van der Waals surface area contributed by atoms with E-state index in [9.17, 15) is 22.4 Å². The molecule has 0 atom stereocenters. The number of fused-ring (bicyclic) bond motifs is 1. The van der Waals surface area contributed by atoms with Gasteiger partial charge in [-0.1, -0.05) is 11.6 Å². The Morgan fingerprint density at radius 3 is 2.35 bits per heavy atom. The third-order valence-corrected chi connectivity index (χ3v) is 6.14. The number of aromatic nitrogens is 2. The Hall–Kier alpha value is -3.53. The van der Waals surface area contributed by atoms with Crippen molar-refractivity contribution in [1.29, 1.82) is 0 Å². The summed E-state index contributed by atoms with van der Waals surface area (Å²) in [5, 5.41) is -0.197. The molecule has 1 fully saturated rings. The summed E-state index contributed by atoms with van der Waals surface area (Å²) in [6.07, 6.45) is -0.646. The first-order valence-corrected chi connectivity index (χ1v) is 10.7. The second kappa shape index (κ2) is 8.35. The van der Waals surface area contributed by atoms with Gasteiger partial charge in [-0.2, -0.15) is 13.2 Å². The Morgan fingerprint density at radius 1 is 1.03 bits per heavy atom. The van der Waals surface area contributed by atoms with Gasteiger partial charge in [0.25, 0.3) is 5.91 Å². The van der Waals surface area contributed by atoms with Gasteiger partial charge in [0.2, 0.25) is 0 Å². The average Bonchev–Trinajstić information content (AvgIpc) is 3.47. The SMILES string of the molecule is O=C(c1nc2c(C(F)(F)F)cc(-c3ccoc3)cn2c1Cl)N1CCN(c2ccc(F)cc2)CC1. The summed E-state index contributed by atoms with van der Waals surface area (Å²) in [5.41, 5.74) is -0.222. The van der Waals surface area contributed by atoms with E-state index in [2.05, 4.69) is 4.98 Å². The van der Waals surface area contributed by atoms with E-state index in [0.717, 1.165) is 16.2 Å². The molecule has 0 unspecified atom stereocenters. The van der Waals surface area contributed by atoms with Crippen molar-refractivity contribution in [2.75, 3.05) is 31.1 Å². The zero-order valence-electron chi connectivity index (χ0n) is 17.5. The number of amides is 1. The summed E-state index contributed by atoms with van der Waals surface area (Å²) in [7, 11) is 0. The molecule has 1 aliphatic heterocycles. The van der Waals surface area contributed by atoms with Crippen LogP contribution in [0.3, 0.4) is 0 Å². The first-order valence-electron chi connectivity index (χ1n) is 10.3. The van der Waals surface area contributed by atoms with E-state index >= 15 is 0 Å². The first-order chi connectivity index (χ1) is 16.2. The maximum atomic E-state index is 13.8. The van der Waals surface area contributed by atoms with Crippen molar-refractivity contribution < 1.29 is 26.8 Å². The number of carbonyl (C=O) groups excluding carboxylic acids is 1. The first kappa shape index (κ1) is 22.3. The zero-order chi connectivity index (χ0) is 24.0. The van der Waals surface area contributed by atoms with Gasteiger partial charge in [0.1, 0.15) is 11.0 Å². The van der Waals surface area contributed by atoms with E-state index in [-0.39, 0.29) is 22.2 Å². The molecule has 0 aliphatic carbocycles. The van der Waals surface area contributed by atoms with Crippen LogP contribution in [0.4, 0.5) is 23.2 Å². The molecule has 0 spiro atoms. The van der Waals surface area contributed by atoms with Gasteiger partial charge in [-0.05, 0) is 36.4 Å². The molecule has 4 aromatic rings. The molecule has 1 aromatic carbocycles. The van der Waals surface area contributed by atoms with E-state index in [0.29, 0.717) is 31.7 Å². The highest BCUT2D eigenvalue weighted by atomic mass is 35.5. The lowest BCUT2D eigenvalue weighted by atomic mass is 10.1. The predicted octanol–water partition coefficient (Wildman–Crippen LogP) is 5.37. The summed E-state index contributed by atoms with van der Waals surface area (Å²) in [5.74, 6) is -0.890. The van der Waals surface area contributed by atoms with Crippen LogP contribution in [0.15, 0.2) is 59.5 Å². The maximum Gasteiger partial charge on any atom is 0.420 e. The number of carbonyl (C=O) groups is 1. The van der Waals surface area contributed by atoms with Gasteiger partial charge < -0.3 is 14.2 Å². The lowest BCUT2D eigenvalue weighted by Gasteiger charge is -2.35. The van der Waals surface area contributed by atoms with Crippen LogP contribution in [0.2, 0.25) is 5.15 Å². The zero-order valence-corrected chi connectivity index (χ0v) is 18.3. The molecule has 6 nitrogen and oxygen atoms in total. The number of hydrogen-bond acceptors (Lipinski definition) is 4. The van der Waals surface area contributed by atoms with Crippen molar-refractivity contribution >= 4 is 28.8 Å². The second-order valence-corrected chi connectivity index (χ2v) is 8.21. The Balaban J connectivity index is 1.45. The number of imidazole rings is 1. The number of benzene rings is 1. The number of nitrogens with zero attached hydrogens (tertiary/aromatic N) is 4. The van der Waals surface area contributed by atoms with Crippen LogP contribution in [0.1, 0.15) is 16.1 Å². The van der Waals surface area contributed by atoms with Crippen LogP contribution in [0.25, 0.3) is 16.8 Å². The summed E-state index contributed by atoms with van der Waals surface area (Å²) in [6.45, 7) is 1.57. The van der Waals surface area contributed by atoms with Crippen molar-refractivity contribution in [2.45, 2.75) is 6.18 Å². The molecule has 34 heavy (non-hydrogen) atoms. The number of alkyl halides is 3. The van der Waals surface area contributed by atoms with E-state index < -0.39 is 23.3 Å². The Morgan fingerprint density at radius 2 is 1.74 bits per heavy atom. The molecule has 0 saturated carbocycles. The van der Waals surface area contributed by atoms with Crippen LogP contribution >= 0.6 is 11.6 Å². The molecule has 11 heteroatoms. The van der Waals surface area contributed by atoms with Crippen LogP contribution < -0.4 is 4.90 Å². The molecular weight excluding hydrogens is 476 g/mol. The molecule has 3 aromatic heterocycles. The number of anilines is 1. The third-order valence-electron chi connectivity index (χ3n) is 5.78. The van der Waals surface area contributed by atoms with Gasteiger partial charge in [-0.15, -0.1) is 0 Å². The molecule has 1 aliphatic rings. The summed E-state index contributed by atoms with van der Waals surface area (Å²) >= 11 is 6.38. The highest BCUT2D eigenvalue weighted by Gasteiger charge is 2.37. The van der Waals surface area contributed by atoms with Gasteiger partial charge in [-0.3, -0.25) is 9.20 Å². The molecular formula is C23H17ClF4N4O2. The van der Waals surface area contributed by atoms with Crippen LogP contribution in [-0.4, -0.2) is 46.4 Å². The molecule has 0 N–H and O–H groups in total.